The molecule has 2 heterocycles. The van der Waals surface area contributed by atoms with E-state index in [-0.39, 0.29) is 0 Å². The SMILES string of the molecule is Clc1ccc(CSCc2cc(Sc3ccc(Cl)cc3)nc(-c3ccccn3)n2)cc1. The predicted octanol–water partition coefficient (Wildman–Crippen LogP) is 7.43. The minimum absolute atomic E-state index is 0.636. The second kappa shape index (κ2) is 10.3. The van der Waals surface area contributed by atoms with Gasteiger partial charge in [-0.05, 0) is 60.2 Å². The van der Waals surface area contributed by atoms with E-state index in [1.165, 1.54) is 5.56 Å². The van der Waals surface area contributed by atoms with Crippen molar-refractivity contribution < 1.29 is 0 Å². The lowest BCUT2D eigenvalue weighted by Crippen LogP contribution is -1.98. The zero-order valence-electron chi connectivity index (χ0n) is 15.8. The van der Waals surface area contributed by atoms with Crippen molar-refractivity contribution in [3.8, 4) is 11.5 Å². The van der Waals surface area contributed by atoms with Crippen molar-refractivity contribution >= 4 is 46.7 Å². The van der Waals surface area contributed by atoms with Crippen LogP contribution in [0.15, 0.2) is 88.9 Å². The molecule has 0 amide bonds. The van der Waals surface area contributed by atoms with Crippen LogP contribution in [0.2, 0.25) is 10.0 Å². The van der Waals surface area contributed by atoms with E-state index in [1.54, 1.807) is 29.7 Å². The van der Waals surface area contributed by atoms with Crippen molar-refractivity contribution in [3.63, 3.8) is 0 Å². The minimum atomic E-state index is 0.636. The molecule has 2 aromatic carbocycles. The second-order valence-corrected chi connectivity index (χ2v) is 9.36. The van der Waals surface area contributed by atoms with Gasteiger partial charge in [-0.3, -0.25) is 4.98 Å². The van der Waals surface area contributed by atoms with Crippen LogP contribution >= 0.6 is 46.7 Å². The summed E-state index contributed by atoms with van der Waals surface area (Å²) in [5.41, 5.74) is 2.97. The van der Waals surface area contributed by atoms with Crippen LogP contribution in [-0.4, -0.2) is 15.0 Å². The Balaban J connectivity index is 1.55. The first-order chi connectivity index (χ1) is 14.7. The predicted molar refractivity (Wildman–Crippen MR) is 127 cm³/mol. The lowest BCUT2D eigenvalue weighted by Gasteiger charge is -2.08. The Morgan fingerprint density at radius 3 is 2.20 bits per heavy atom. The van der Waals surface area contributed by atoms with Gasteiger partial charge < -0.3 is 0 Å². The highest BCUT2D eigenvalue weighted by Gasteiger charge is 2.10. The van der Waals surface area contributed by atoms with Crippen LogP contribution in [0.25, 0.3) is 11.5 Å². The van der Waals surface area contributed by atoms with Gasteiger partial charge in [0.15, 0.2) is 5.82 Å². The van der Waals surface area contributed by atoms with E-state index < -0.39 is 0 Å². The Bertz CT molecular complexity index is 1110. The number of halogens is 2. The van der Waals surface area contributed by atoms with E-state index in [9.17, 15) is 0 Å². The first-order valence-electron chi connectivity index (χ1n) is 9.21. The molecule has 0 spiro atoms. The second-order valence-electron chi connectivity index (χ2n) is 6.41. The van der Waals surface area contributed by atoms with Crippen LogP contribution < -0.4 is 0 Å². The highest BCUT2D eigenvalue weighted by molar-refractivity contribution is 7.99. The Hall–Kier alpha value is -2.05. The maximum Gasteiger partial charge on any atom is 0.179 e. The Morgan fingerprint density at radius 2 is 1.50 bits per heavy atom. The molecule has 4 rings (SSSR count). The van der Waals surface area contributed by atoms with Crippen LogP contribution in [0.3, 0.4) is 0 Å². The summed E-state index contributed by atoms with van der Waals surface area (Å²) < 4.78 is 0. The molecule has 0 radical (unpaired) electrons. The summed E-state index contributed by atoms with van der Waals surface area (Å²) >= 11 is 15.4. The fraction of sp³-hybridized carbons (Fsp3) is 0.0870. The van der Waals surface area contributed by atoms with E-state index in [2.05, 4.69) is 17.1 Å². The molecule has 0 saturated carbocycles. The molecule has 3 nitrogen and oxygen atoms in total. The number of hydrogen-bond acceptors (Lipinski definition) is 5. The summed E-state index contributed by atoms with van der Waals surface area (Å²) in [6, 6.07) is 23.5. The van der Waals surface area contributed by atoms with Crippen LogP contribution in [-0.2, 0) is 11.5 Å². The van der Waals surface area contributed by atoms with Gasteiger partial charge in [0.2, 0.25) is 0 Å². The quantitative estimate of drug-likeness (QED) is 0.263. The van der Waals surface area contributed by atoms with Crippen molar-refractivity contribution in [2.75, 3.05) is 0 Å². The van der Waals surface area contributed by atoms with E-state index in [1.807, 2.05) is 60.7 Å². The largest absolute Gasteiger partial charge is 0.253 e. The van der Waals surface area contributed by atoms with Crippen molar-refractivity contribution in [3.05, 3.63) is 100 Å². The highest BCUT2D eigenvalue weighted by Crippen LogP contribution is 2.30. The van der Waals surface area contributed by atoms with E-state index in [0.29, 0.717) is 5.82 Å². The van der Waals surface area contributed by atoms with Crippen molar-refractivity contribution in [1.29, 1.82) is 0 Å². The third-order valence-electron chi connectivity index (χ3n) is 4.12. The summed E-state index contributed by atoms with van der Waals surface area (Å²) in [5, 5.41) is 2.36. The average molecular weight is 470 g/mol. The maximum absolute atomic E-state index is 6.01. The number of pyridine rings is 1. The lowest BCUT2D eigenvalue weighted by molar-refractivity contribution is 0.997. The van der Waals surface area contributed by atoms with E-state index in [0.717, 1.165) is 42.9 Å². The number of rotatable bonds is 7. The Labute approximate surface area is 194 Å². The smallest absolute Gasteiger partial charge is 0.179 e. The molecule has 0 N–H and O–H groups in total. The molecule has 0 bridgehead atoms. The zero-order valence-corrected chi connectivity index (χ0v) is 19.0. The summed E-state index contributed by atoms with van der Waals surface area (Å²) in [6.07, 6.45) is 1.76. The molecular formula is C23H17Cl2N3S2. The molecule has 7 heteroatoms. The van der Waals surface area contributed by atoms with Crippen molar-refractivity contribution in [2.24, 2.45) is 0 Å². The number of benzene rings is 2. The van der Waals surface area contributed by atoms with Gasteiger partial charge >= 0.3 is 0 Å². The van der Waals surface area contributed by atoms with Crippen LogP contribution in [0.5, 0.6) is 0 Å². The molecule has 0 aliphatic rings. The van der Waals surface area contributed by atoms with Crippen molar-refractivity contribution in [1.82, 2.24) is 15.0 Å². The number of nitrogens with zero attached hydrogens (tertiary/aromatic N) is 3. The summed E-state index contributed by atoms with van der Waals surface area (Å²) in [7, 11) is 0. The standard InChI is InChI=1S/C23H17Cl2N3S2/c24-17-6-4-16(5-7-17)14-29-15-19-13-22(30-20-10-8-18(25)9-11-20)28-23(27-19)21-3-1-2-12-26-21/h1-13H,14-15H2. The molecule has 0 aliphatic carbocycles. The fourth-order valence-electron chi connectivity index (χ4n) is 2.69. The molecule has 0 unspecified atom stereocenters. The van der Waals surface area contributed by atoms with Gasteiger partial charge in [0, 0.05) is 32.6 Å². The third-order valence-corrected chi connectivity index (χ3v) is 6.59. The van der Waals surface area contributed by atoms with Gasteiger partial charge in [0.05, 0.1) is 5.69 Å². The monoisotopic (exact) mass is 469 g/mol. The van der Waals surface area contributed by atoms with Gasteiger partial charge in [-0.2, -0.15) is 11.8 Å². The van der Waals surface area contributed by atoms with Crippen LogP contribution in [0.1, 0.15) is 11.3 Å². The maximum atomic E-state index is 6.01. The number of aromatic nitrogens is 3. The van der Waals surface area contributed by atoms with E-state index in [4.69, 9.17) is 33.2 Å². The van der Waals surface area contributed by atoms with Crippen LogP contribution in [0.4, 0.5) is 0 Å². The molecule has 150 valence electrons. The molecule has 0 saturated heterocycles. The molecule has 0 atom stereocenters. The minimum Gasteiger partial charge on any atom is -0.253 e. The van der Waals surface area contributed by atoms with Crippen molar-refractivity contribution in [2.45, 2.75) is 21.4 Å². The highest BCUT2D eigenvalue weighted by atomic mass is 35.5. The molecule has 0 fully saturated rings. The van der Waals surface area contributed by atoms with Gasteiger partial charge in [0.25, 0.3) is 0 Å². The Kier molecular flexibility index (Phi) is 7.28. The van der Waals surface area contributed by atoms with E-state index >= 15 is 0 Å². The third kappa shape index (κ3) is 5.99. The van der Waals surface area contributed by atoms with Crippen LogP contribution in [0, 0.1) is 0 Å². The van der Waals surface area contributed by atoms with Gasteiger partial charge in [-0.15, -0.1) is 0 Å². The summed E-state index contributed by atoms with van der Waals surface area (Å²) in [4.78, 5) is 15.0. The molecular weight excluding hydrogens is 453 g/mol. The van der Waals surface area contributed by atoms with Gasteiger partial charge in [0.1, 0.15) is 10.7 Å². The lowest BCUT2D eigenvalue weighted by atomic mass is 10.2. The zero-order chi connectivity index (χ0) is 20.8. The number of hydrogen-bond donors (Lipinski definition) is 0. The number of thioether (sulfide) groups is 1. The molecule has 4 aromatic rings. The molecule has 0 aliphatic heterocycles. The van der Waals surface area contributed by atoms with Gasteiger partial charge in [-0.25, -0.2) is 9.97 Å². The molecule has 2 aromatic heterocycles. The summed E-state index contributed by atoms with van der Waals surface area (Å²) in [5.74, 6) is 2.30. The normalized spacial score (nSPS) is 10.9. The Morgan fingerprint density at radius 1 is 0.767 bits per heavy atom. The first kappa shape index (κ1) is 21.2. The molecule has 30 heavy (non-hydrogen) atoms. The topological polar surface area (TPSA) is 38.7 Å². The van der Waals surface area contributed by atoms with Gasteiger partial charge in [-0.1, -0.05) is 53.2 Å². The fourth-order valence-corrected chi connectivity index (χ4v) is 4.67. The first-order valence-corrected chi connectivity index (χ1v) is 11.9. The summed E-state index contributed by atoms with van der Waals surface area (Å²) in [6.45, 7) is 0. The average Bonchev–Trinajstić information content (AvgIpc) is 2.77.